The molecule has 4 heteroatoms. The number of hydrogen-bond donors (Lipinski definition) is 0. The predicted octanol–water partition coefficient (Wildman–Crippen LogP) is 4.13. The summed E-state index contributed by atoms with van der Waals surface area (Å²) < 4.78 is 11.2. The lowest BCUT2D eigenvalue weighted by atomic mass is 10.0. The topological polar surface area (TPSA) is 35.5 Å². The van der Waals surface area contributed by atoms with Gasteiger partial charge in [0.05, 0.1) is 12.2 Å². The van der Waals surface area contributed by atoms with Gasteiger partial charge < -0.3 is 9.16 Å². The van der Waals surface area contributed by atoms with Gasteiger partial charge in [-0.1, -0.05) is 26.7 Å². The highest BCUT2D eigenvalue weighted by atomic mass is 28.4. The number of rotatable bonds is 5. The summed E-state index contributed by atoms with van der Waals surface area (Å²) in [6.07, 6.45) is 1.45. The summed E-state index contributed by atoms with van der Waals surface area (Å²) in [5, 5.41) is 0.195. The third-order valence-electron chi connectivity index (χ3n) is 3.66. The van der Waals surface area contributed by atoms with Gasteiger partial charge in [-0.25, -0.2) is 4.79 Å². The molecule has 0 saturated carbocycles. The van der Waals surface area contributed by atoms with Crippen LogP contribution in [0.1, 0.15) is 54.4 Å². The molecule has 0 N–H and O–H groups in total. The lowest BCUT2D eigenvalue weighted by Gasteiger charge is -2.42. The van der Waals surface area contributed by atoms with Gasteiger partial charge in [-0.3, -0.25) is 0 Å². The second-order valence-electron chi connectivity index (χ2n) is 7.14. The first-order valence-corrected chi connectivity index (χ1v) is 10.2. The smallest absolute Gasteiger partial charge is 0.384 e. The van der Waals surface area contributed by atoms with Crippen LogP contribution in [0, 0.1) is 11.8 Å². The fourth-order valence-corrected chi connectivity index (χ4v) is 3.35. The van der Waals surface area contributed by atoms with Crippen molar-refractivity contribution in [1.29, 1.82) is 0 Å². The summed E-state index contributed by atoms with van der Waals surface area (Å²) in [5.41, 5.74) is -0.216. The molecule has 0 radical (unpaired) electrons. The second kappa shape index (κ2) is 7.28. The number of hydrogen-bond acceptors (Lipinski definition) is 3. The Balaban J connectivity index is 4.44. The minimum Gasteiger partial charge on any atom is -0.456 e. The average molecular weight is 298 g/mol. The van der Waals surface area contributed by atoms with Crippen molar-refractivity contribution in [3.63, 3.8) is 0 Å². The van der Waals surface area contributed by atoms with Gasteiger partial charge in [-0.15, -0.1) is 0 Å². The van der Waals surface area contributed by atoms with E-state index in [9.17, 15) is 4.79 Å². The van der Waals surface area contributed by atoms with Crippen LogP contribution in [0.15, 0.2) is 0 Å². The molecule has 116 valence electrons. The molecule has 0 saturated heterocycles. The average Bonchev–Trinajstić information content (AvgIpc) is 2.21. The molecule has 0 aliphatic heterocycles. The van der Waals surface area contributed by atoms with Gasteiger partial charge in [-0.05, 0) is 45.3 Å². The van der Waals surface area contributed by atoms with Crippen LogP contribution < -0.4 is 0 Å². The van der Waals surface area contributed by atoms with Gasteiger partial charge >= 0.3 is 5.97 Å². The summed E-state index contributed by atoms with van der Waals surface area (Å²) in [4.78, 5) is 11.1. The third-order valence-corrected chi connectivity index (χ3v) is 8.33. The van der Waals surface area contributed by atoms with Gasteiger partial charge in [0.1, 0.15) is 0 Å². The Labute approximate surface area is 125 Å². The minimum atomic E-state index is -1.77. The molecule has 0 spiro atoms. The molecule has 0 heterocycles. The van der Waals surface area contributed by atoms with Crippen molar-refractivity contribution < 1.29 is 14.0 Å². The Bertz CT molecular complexity index is 381. The van der Waals surface area contributed by atoms with Crippen molar-refractivity contribution >= 4 is 14.3 Å². The quantitative estimate of drug-likeness (QED) is 0.331. The summed E-state index contributed by atoms with van der Waals surface area (Å²) in [5.74, 6) is 4.91. The van der Waals surface area contributed by atoms with Gasteiger partial charge in [0, 0.05) is 12.3 Å². The third kappa shape index (κ3) is 7.11. The van der Waals surface area contributed by atoms with Gasteiger partial charge in [-0.2, -0.15) is 0 Å². The Kier molecular flexibility index (Phi) is 6.99. The van der Waals surface area contributed by atoms with E-state index in [1.165, 1.54) is 0 Å². The summed E-state index contributed by atoms with van der Waals surface area (Å²) in [7, 11) is -1.77. The van der Waals surface area contributed by atoms with Crippen LogP contribution in [0.5, 0.6) is 0 Å². The Morgan fingerprint density at radius 3 is 2.15 bits per heavy atom. The highest BCUT2D eigenvalue weighted by molar-refractivity contribution is 6.74. The van der Waals surface area contributed by atoms with Crippen LogP contribution in [0.25, 0.3) is 0 Å². The Morgan fingerprint density at radius 2 is 1.70 bits per heavy atom. The highest BCUT2D eigenvalue weighted by Gasteiger charge is 2.41. The molecule has 0 bridgehead atoms. The molecule has 0 fully saturated rings. The van der Waals surface area contributed by atoms with E-state index in [1.807, 2.05) is 0 Å². The minimum absolute atomic E-state index is 0.195. The number of ether oxygens (including phenoxy) is 1. The second-order valence-corrected chi connectivity index (χ2v) is 11.9. The van der Waals surface area contributed by atoms with Crippen LogP contribution >= 0.6 is 0 Å². The number of carbonyl (C=O) groups excluding carboxylic acids is 1. The van der Waals surface area contributed by atoms with E-state index in [0.29, 0.717) is 13.0 Å². The van der Waals surface area contributed by atoms with Gasteiger partial charge in [0.2, 0.25) is 0 Å². The first-order valence-electron chi connectivity index (χ1n) is 7.27. The number of carbonyl (C=O) groups is 1. The first-order chi connectivity index (χ1) is 8.91. The Hall–Kier alpha value is -0.793. The maximum atomic E-state index is 11.1. The molecule has 20 heavy (non-hydrogen) atoms. The highest BCUT2D eigenvalue weighted by Crippen LogP contribution is 2.39. The fourth-order valence-electron chi connectivity index (χ4n) is 1.56. The lowest BCUT2D eigenvalue weighted by Crippen LogP contribution is -2.47. The molecule has 0 aliphatic carbocycles. The molecule has 0 amide bonds. The molecule has 0 rings (SSSR count). The standard InChI is InChI=1S/C16H30O3Si/c1-9-18-14(17)12-10-11-13-16(5,6)19-20(7,8)15(2,3)4/h9,11,13H2,1-8H3. The molecular formula is C16H30O3Si. The van der Waals surface area contributed by atoms with Gasteiger partial charge in [0.15, 0.2) is 8.32 Å². The van der Waals surface area contributed by atoms with E-state index < -0.39 is 14.3 Å². The lowest BCUT2D eigenvalue weighted by molar-refractivity contribution is -0.136. The van der Waals surface area contributed by atoms with Crippen LogP contribution in [0.3, 0.4) is 0 Å². The SMILES string of the molecule is CCOC(=O)C#CCCC(C)(C)O[Si](C)(C)C(C)(C)C. The van der Waals surface area contributed by atoms with E-state index in [2.05, 4.69) is 59.6 Å². The summed E-state index contributed by atoms with van der Waals surface area (Å²) >= 11 is 0. The zero-order chi connectivity index (χ0) is 16.0. The van der Waals surface area contributed by atoms with Crippen molar-refractivity contribution in [3.05, 3.63) is 0 Å². The molecular weight excluding hydrogens is 268 g/mol. The molecule has 0 aromatic carbocycles. The van der Waals surface area contributed by atoms with E-state index in [-0.39, 0.29) is 10.6 Å². The van der Waals surface area contributed by atoms with E-state index in [1.54, 1.807) is 6.92 Å². The van der Waals surface area contributed by atoms with Crippen LogP contribution in [-0.4, -0.2) is 26.5 Å². The van der Waals surface area contributed by atoms with Crippen molar-refractivity contribution in [1.82, 2.24) is 0 Å². The largest absolute Gasteiger partial charge is 0.456 e. The zero-order valence-corrected chi connectivity index (χ0v) is 15.3. The summed E-state index contributed by atoms with van der Waals surface area (Å²) in [6, 6.07) is 0. The molecule has 0 aliphatic rings. The molecule has 0 atom stereocenters. The van der Waals surface area contributed by atoms with Crippen molar-refractivity contribution in [2.75, 3.05) is 6.61 Å². The van der Waals surface area contributed by atoms with Crippen LogP contribution in [-0.2, 0) is 14.0 Å². The van der Waals surface area contributed by atoms with E-state index in [0.717, 1.165) is 6.42 Å². The zero-order valence-electron chi connectivity index (χ0n) is 14.3. The number of esters is 1. The van der Waals surface area contributed by atoms with Crippen LogP contribution in [0.2, 0.25) is 18.1 Å². The van der Waals surface area contributed by atoms with Crippen molar-refractivity contribution in [2.24, 2.45) is 0 Å². The van der Waals surface area contributed by atoms with Crippen molar-refractivity contribution in [3.8, 4) is 11.8 Å². The Morgan fingerprint density at radius 1 is 1.15 bits per heavy atom. The summed E-state index contributed by atoms with van der Waals surface area (Å²) in [6.45, 7) is 17.5. The fraction of sp³-hybridized carbons (Fsp3) is 0.812. The molecule has 3 nitrogen and oxygen atoms in total. The predicted molar refractivity (Wildman–Crippen MR) is 86.0 cm³/mol. The van der Waals surface area contributed by atoms with E-state index >= 15 is 0 Å². The maximum Gasteiger partial charge on any atom is 0.384 e. The monoisotopic (exact) mass is 298 g/mol. The first kappa shape index (κ1) is 19.2. The molecule has 0 unspecified atom stereocenters. The van der Waals surface area contributed by atoms with Crippen LogP contribution in [0.4, 0.5) is 0 Å². The van der Waals surface area contributed by atoms with Crippen molar-refractivity contribution in [2.45, 2.75) is 78.1 Å². The molecule has 0 aromatic rings. The molecule has 0 aromatic heterocycles. The van der Waals surface area contributed by atoms with Gasteiger partial charge in [0.25, 0.3) is 0 Å². The van der Waals surface area contributed by atoms with E-state index in [4.69, 9.17) is 9.16 Å². The maximum absolute atomic E-state index is 11.1. The normalized spacial score (nSPS) is 12.6.